The molecule has 144 valence electrons. The summed E-state index contributed by atoms with van der Waals surface area (Å²) in [6, 6.07) is 8.44. The standard InChI is InChI=1S/C17H16ClF3N4O2/c1-9-6-11(18)3-2-10(9)8-24-14-7-12(27-17(19,20)21)4-5-13(14)15(22)16(26)25-23/h2-7,22,24H,8,23H2,1H3,(H,25,26). The van der Waals surface area contributed by atoms with Crippen LogP contribution in [0.5, 0.6) is 5.75 Å². The van der Waals surface area contributed by atoms with Crippen LogP contribution in [-0.4, -0.2) is 18.0 Å². The molecule has 0 fully saturated rings. The molecule has 0 saturated carbocycles. The number of ether oxygens (including phenoxy) is 1. The molecule has 0 heterocycles. The quantitative estimate of drug-likeness (QED) is 0.258. The van der Waals surface area contributed by atoms with Gasteiger partial charge in [0, 0.05) is 28.9 Å². The molecule has 0 spiro atoms. The van der Waals surface area contributed by atoms with Gasteiger partial charge in [-0.1, -0.05) is 17.7 Å². The average Bonchev–Trinajstić information content (AvgIpc) is 2.58. The lowest BCUT2D eigenvalue weighted by atomic mass is 10.1. The van der Waals surface area contributed by atoms with E-state index in [4.69, 9.17) is 22.9 Å². The summed E-state index contributed by atoms with van der Waals surface area (Å²) in [6.07, 6.45) is -4.87. The SMILES string of the molecule is Cc1cc(Cl)ccc1CNc1cc(OC(F)(F)F)ccc1C(=N)C(=O)NN. The zero-order chi connectivity index (χ0) is 20.2. The largest absolute Gasteiger partial charge is 0.573 e. The molecule has 0 aliphatic heterocycles. The Labute approximate surface area is 157 Å². The third-order valence-corrected chi connectivity index (χ3v) is 3.86. The lowest BCUT2D eigenvalue weighted by Crippen LogP contribution is -2.36. The van der Waals surface area contributed by atoms with Gasteiger partial charge in [-0.05, 0) is 42.3 Å². The van der Waals surface area contributed by atoms with Crippen molar-refractivity contribution in [3.05, 3.63) is 58.1 Å². The predicted molar refractivity (Wildman–Crippen MR) is 95.8 cm³/mol. The van der Waals surface area contributed by atoms with Gasteiger partial charge in [0.1, 0.15) is 11.5 Å². The van der Waals surface area contributed by atoms with Crippen molar-refractivity contribution >= 4 is 28.9 Å². The van der Waals surface area contributed by atoms with Gasteiger partial charge in [0.25, 0.3) is 5.91 Å². The minimum Gasteiger partial charge on any atom is -0.406 e. The maximum absolute atomic E-state index is 12.5. The first-order chi connectivity index (χ1) is 12.6. The minimum absolute atomic E-state index is 0.0686. The second-order valence-electron chi connectivity index (χ2n) is 5.53. The van der Waals surface area contributed by atoms with Gasteiger partial charge < -0.3 is 10.1 Å². The summed E-state index contributed by atoms with van der Waals surface area (Å²) in [5, 5.41) is 11.3. The maximum Gasteiger partial charge on any atom is 0.573 e. The molecule has 0 bridgehead atoms. The summed E-state index contributed by atoms with van der Waals surface area (Å²) in [5.41, 5.74) is 3.19. The van der Waals surface area contributed by atoms with E-state index < -0.39 is 23.7 Å². The van der Waals surface area contributed by atoms with Crippen LogP contribution in [0, 0.1) is 12.3 Å². The number of hydrogen-bond donors (Lipinski definition) is 4. The first-order valence-electron chi connectivity index (χ1n) is 7.59. The predicted octanol–water partition coefficient (Wildman–Crippen LogP) is 3.52. The molecule has 1 amide bonds. The van der Waals surface area contributed by atoms with E-state index in [0.717, 1.165) is 23.3 Å². The summed E-state index contributed by atoms with van der Waals surface area (Å²) in [4.78, 5) is 11.6. The summed E-state index contributed by atoms with van der Waals surface area (Å²) < 4.78 is 41.3. The average molecular weight is 401 g/mol. The van der Waals surface area contributed by atoms with Gasteiger partial charge in [-0.3, -0.25) is 15.6 Å². The summed E-state index contributed by atoms with van der Waals surface area (Å²) in [6.45, 7) is 2.06. The second-order valence-corrected chi connectivity index (χ2v) is 5.96. The monoisotopic (exact) mass is 400 g/mol. The van der Waals surface area contributed by atoms with E-state index in [0.29, 0.717) is 5.02 Å². The van der Waals surface area contributed by atoms with E-state index in [-0.39, 0.29) is 17.8 Å². The van der Waals surface area contributed by atoms with E-state index in [9.17, 15) is 18.0 Å². The molecule has 2 aromatic carbocycles. The molecule has 0 aromatic heterocycles. The van der Waals surface area contributed by atoms with E-state index in [1.807, 2.05) is 12.3 Å². The zero-order valence-electron chi connectivity index (χ0n) is 14.1. The summed E-state index contributed by atoms with van der Waals surface area (Å²) in [7, 11) is 0. The van der Waals surface area contributed by atoms with Crippen molar-refractivity contribution < 1.29 is 22.7 Å². The van der Waals surface area contributed by atoms with Crippen LogP contribution in [0.15, 0.2) is 36.4 Å². The van der Waals surface area contributed by atoms with Crippen molar-refractivity contribution in [1.29, 1.82) is 5.41 Å². The molecule has 10 heteroatoms. The molecule has 0 saturated heterocycles. The Morgan fingerprint density at radius 1 is 1.26 bits per heavy atom. The molecule has 2 aromatic rings. The minimum atomic E-state index is -4.87. The number of anilines is 1. The highest BCUT2D eigenvalue weighted by molar-refractivity contribution is 6.45. The van der Waals surface area contributed by atoms with Gasteiger partial charge in [-0.2, -0.15) is 0 Å². The fourth-order valence-electron chi connectivity index (χ4n) is 2.33. The molecule has 0 atom stereocenters. The Morgan fingerprint density at radius 3 is 2.56 bits per heavy atom. The summed E-state index contributed by atoms with van der Waals surface area (Å²) >= 11 is 5.91. The van der Waals surface area contributed by atoms with Crippen LogP contribution in [0.1, 0.15) is 16.7 Å². The third-order valence-electron chi connectivity index (χ3n) is 3.63. The molecular weight excluding hydrogens is 385 g/mol. The number of carbonyl (C=O) groups excluding carboxylic acids is 1. The number of nitrogens with two attached hydrogens (primary N) is 1. The highest BCUT2D eigenvalue weighted by Crippen LogP contribution is 2.29. The van der Waals surface area contributed by atoms with Crippen LogP contribution in [-0.2, 0) is 11.3 Å². The number of carbonyl (C=O) groups is 1. The van der Waals surface area contributed by atoms with Gasteiger partial charge in [0.2, 0.25) is 0 Å². The first-order valence-corrected chi connectivity index (χ1v) is 7.97. The summed E-state index contributed by atoms with van der Waals surface area (Å²) in [5.74, 6) is 3.66. The Kier molecular flexibility index (Phi) is 6.29. The van der Waals surface area contributed by atoms with Crippen molar-refractivity contribution in [3.63, 3.8) is 0 Å². The number of rotatable bonds is 6. The Morgan fingerprint density at radius 2 is 1.96 bits per heavy atom. The number of nitrogens with one attached hydrogen (secondary N) is 3. The van der Waals surface area contributed by atoms with E-state index >= 15 is 0 Å². The smallest absolute Gasteiger partial charge is 0.406 e. The van der Waals surface area contributed by atoms with E-state index in [1.165, 1.54) is 6.07 Å². The molecular formula is C17H16ClF3N4O2. The normalized spacial score (nSPS) is 11.0. The second kappa shape index (κ2) is 8.28. The number of benzene rings is 2. The molecule has 0 aliphatic rings. The fourth-order valence-corrected chi connectivity index (χ4v) is 2.55. The van der Waals surface area contributed by atoms with Crippen LogP contribution in [0.2, 0.25) is 5.02 Å². The van der Waals surface area contributed by atoms with Gasteiger partial charge in [-0.25, -0.2) is 5.84 Å². The van der Waals surface area contributed by atoms with Crippen LogP contribution in [0.4, 0.5) is 18.9 Å². The number of halogens is 4. The topological polar surface area (TPSA) is 100 Å². The fraction of sp³-hybridized carbons (Fsp3) is 0.176. The molecule has 0 radical (unpaired) electrons. The number of aryl methyl sites for hydroxylation is 1. The zero-order valence-corrected chi connectivity index (χ0v) is 14.8. The van der Waals surface area contributed by atoms with E-state index in [1.54, 1.807) is 18.2 Å². The number of hydrogen-bond acceptors (Lipinski definition) is 5. The molecule has 0 unspecified atom stereocenters. The van der Waals surface area contributed by atoms with Crippen molar-refractivity contribution in [2.24, 2.45) is 5.84 Å². The van der Waals surface area contributed by atoms with Crippen molar-refractivity contribution in [2.75, 3.05) is 5.32 Å². The molecule has 6 nitrogen and oxygen atoms in total. The van der Waals surface area contributed by atoms with Crippen molar-refractivity contribution in [2.45, 2.75) is 19.8 Å². The highest BCUT2D eigenvalue weighted by atomic mass is 35.5. The third kappa shape index (κ3) is 5.60. The number of amides is 1. The number of alkyl halides is 3. The molecule has 2 rings (SSSR count). The maximum atomic E-state index is 12.5. The van der Waals surface area contributed by atoms with Gasteiger partial charge in [-0.15, -0.1) is 13.2 Å². The van der Waals surface area contributed by atoms with Crippen molar-refractivity contribution in [3.8, 4) is 5.75 Å². The van der Waals surface area contributed by atoms with Crippen LogP contribution in [0.25, 0.3) is 0 Å². The molecule has 0 aliphatic carbocycles. The molecule has 5 N–H and O–H groups in total. The number of hydrazine groups is 1. The van der Waals surface area contributed by atoms with Crippen molar-refractivity contribution in [1.82, 2.24) is 5.43 Å². The molecule has 27 heavy (non-hydrogen) atoms. The van der Waals surface area contributed by atoms with Crippen LogP contribution >= 0.6 is 11.6 Å². The first kappa shape index (κ1) is 20.5. The van der Waals surface area contributed by atoms with Gasteiger partial charge >= 0.3 is 6.36 Å². The van der Waals surface area contributed by atoms with Gasteiger partial charge in [0.15, 0.2) is 0 Å². The van der Waals surface area contributed by atoms with Crippen LogP contribution < -0.4 is 21.3 Å². The Bertz CT molecular complexity index is 872. The van der Waals surface area contributed by atoms with Crippen LogP contribution in [0.3, 0.4) is 0 Å². The highest BCUT2D eigenvalue weighted by Gasteiger charge is 2.31. The van der Waals surface area contributed by atoms with E-state index in [2.05, 4.69) is 10.1 Å². The lowest BCUT2D eigenvalue weighted by molar-refractivity contribution is -0.274. The lowest BCUT2D eigenvalue weighted by Gasteiger charge is -2.16. The van der Waals surface area contributed by atoms with Gasteiger partial charge in [0.05, 0.1) is 0 Å². The Hall–Kier alpha value is -2.78. The Balaban J connectivity index is 2.35.